The molecule has 0 bridgehead atoms. The van der Waals surface area contributed by atoms with Crippen LogP contribution in [0.5, 0.6) is 5.75 Å². The normalized spacial score (nSPS) is 17.7. The summed E-state index contributed by atoms with van der Waals surface area (Å²) in [5.41, 5.74) is 3.44. The van der Waals surface area contributed by atoms with Gasteiger partial charge < -0.3 is 20.1 Å². The molecule has 192 valence electrons. The largest absolute Gasteiger partial charge is 0.508 e. The smallest absolute Gasteiger partial charge is 0.238 e. The first-order chi connectivity index (χ1) is 18.0. The van der Waals surface area contributed by atoms with Crippen LogP contribution in [0.15, 0.2) is 65.7 Å². The van der Waals surface area contributed by atoms with E-state index in [1.54, 1.807) is 6.92 Å². The number of benzene rings is 2. The summed E-state index contributed by atoms with van der Waals surface area (Å²) >= 11 is 0. The maximum absolute atomic E-state index is 15.2. The van der Waals surface area contributed by atoms with Crippen LogP contribution < -0.4 is 10.2 Å². The van der Waals surface area contributed by atoms with Gasteiger partial charge in [0.25, 0.3) is 0 Å². The summed E-state index contributed by atoms with van der Waals surface area (Å²) in [7, 11) is 0. The van der Waals surface area contributed by atoms with E-state index in [1.807, 2.05) is 32.0 Å². The van der Waals surface area contributed by atoms with E-state index in [-0.39, 0.29) is 22.8 Å². The van der Waals surface area contributed by atoms with Crippen molar-refractivity contribution in [3.63, 3.8) is 0 Å². The number of fused-ring (bicyclic) bond motifs is 1. The first kappa shape index (κ1) is 26.0. The number of hydrogen-bond acceptors (Lipinski definition) is 7. The van der Waals surface area contributed by atoms with Crippen molar-refractivity contribution < 1.29 is 19.0 Å². The van der Waals surface area contributed by atoms with E-state index in [0.717, 1.165) is 24.8 Å². The number of aromatic hydroxyl groups is 1. The number of phenolic OH excluding ortho intramolecular Hbond substituents is 1. The molecule has 5 rings (SSSR count). The Kier molecular flexibility index (Phi) is 7.93. The number of nitrogens with one attached hydrogen (secondary N) is 1. The highest BCUT2D eigenvalue weighted by Crippen LogP contribution is 2.41. The third-order valence-electron chi connectivity index (χ3n) is 6.23. The SMILES string of the molecule is C=CC=NC1=C(C)NC(=O)C1c1cc(-c2ncnc3cc(N4CCOCC4)ccc23)c(F)cc1O.CC. The molecule has 1 saturated heterocycles. The van der Waals surface area contributed by atoms with Crippen LogP contribution in [0.2, 0.25) is 0 Å². The van der Waals surface area contributed by atoms with Crippen LogP contribution in [0.1, 0.15) is 32.3 Å². The molecular weight excluding hydrogens is 473 g/mol. The van der Waals surface area contributed by atoms with Crippen molar-refractivity contribution in [2.24, 2.45) is 4.99 Å². The minimum atomic E-state index is -0.897. The number of aliphatic imine (C=N–C) groups is 1. The number of carbonyl (C=O) groups excluding carboxylic acids is 1. The number of allylic oxidation sites excluding steroid dienone is 2. The fourth-order valence-electron chi connectivity index (χ4n) is 4.53. The lowest BCUT2D eigenvalue weighted by Crippen LogP contribution is -2.36. The van der Waals surface area contributed by atoms with Gasteiger partial charge in [0.05, 0.1) is 30.1 Å². The zero-order chi connectivity index (χ0) is 26.5. The maximum atomic E-state index is 15.2. The first-order valence-electron chi connectivity index (χ1n) is 12.2. The summed E-state index contributed by atoms with van der Waals surface area (Å²) in [6, 6.07) is 8.25. The maximum Gasteiger partial charge on any atom is 0.238 e. The summed E-state index contributed by atoms with van der Waals surface area (Å²) in [6.07, 6.45) is 4.35. The van der Waals surface area contributed by atoms with Crippen molar-refractivity contribution in [1.29, 1.82) is 0 Å². The number of amides is 1. The first-order valence-corrected chi connectivity index (χ1v) is 12.2. The number of phenols is 1. The fourth-order valence-corrected chi connectivity index (χ4v) is 4.53. The van der Waals surface area contributed by atoms with Gasteiger partial charge in [-0.1, -0.05) is 26.5 Å². The zero-order valence-corrected chi connectivity index (χ0v) is 21.2. The summed E-state index contributed by atoms with van der Waals surface area (Å²) in [5, 5.41) is 14.0. The van der Waals surface area contributed by atoms with E-state index >= 15 is 4.39 Å². The van der Waals surface area contributed by atoms with Gasteiger partial charge in [0.15, 0.2) is 0 Å². The number of rotatable bonds is 5. The van der Waals surface area contributed by atoms with Gasteiger partial charge in [-0.3, -0.25) is 9.79 Å². The average molecular weight is 504 g/mol. The van der Waals surface area contributed by atoms with E-state index < -0.39 is 11.7 Å². The Morgan fingerprint density at radius 2 is 1.97 bits per heavy atom. The molecule has 2 aliphatic heterocycles. The van der Waals surface area contributed by atoms with Gasteiger partial charge >= 0.3 is 0 Å². The molecule has 0 spiro atoms. The van der Waals surface area contributed by atoms with Gasteiger partial charge in [0.2, 0.25) is 5.91 Å². The molecule has 8 nitrogen and oxygen atoms in total. The number of hydrogen-bond donors (Lipinski definition) is 2. The quantitative estimate of drug-likeness (QED) is 0.490. The van der Waals surface area contributed by atoms with Crippen molar-refractivity contribution in [2.75, 3.05) is 31.2 Å². The highest BCUT2D eigenvalue weighted by Gasteiger charge is 2.35. The molecule has 3 aromatic rings. The lowest BCUT2D eigenvalue weighted by atomic mass is 9.92. The van der Waals surface area contributed by atoms with E-state index in [0.29, 0.717) is 41.2 Å². The van der Waals surface area contributed by atoms with Crippen molar-refractivity contribution >= 4 is 28.7 Å². The Hall–Kier alpha value is -4.11. The summed E-state index contributed by atoms with van der Waals surface area (Å²) in [6.45, 7) is 12.2. The third-order valence-corrected chi connectivity index (χ3v) is 6.23. The summed E-state index contributed by atoms with van der Waals surface area (Å²) in [5.74, 6) is -2.24. The highest BCUT2D eigenvalue weighted by atomic mass is 19.1. The molecule has 2 N–H and O–H groups in total. The van der Waals surface area contributed by atoms with Gasteiger partial charge in [0.1, 0.15) is 23.8 Å². The molecule has 0 aliphatic carbocycles. The van der Waals surface area contributed by atoms with Crippen molar-refractivity contribution in [2.45, 2.75) is 26.7 Å². The average Bonchev–Trinajstić information content (AvgIpc) is 3.20. The lowest BCUT2D eigenvalue weighted by molar-refractivity contribution is -0.120. The number of halogens is 1. The van der Waals surface area contributed by atoms with Crippen LogP contribution in [0, 0.1) is 5.82 Å². The minimum Gasteiger partial charge on any atom is -0.508 e. The third kappa shape index (κ3) is 5.08. The van der Waals surface area contributed by atoms with E-state index in [2.05, 4.69) is 31.8 Å². The zero-order valence-electron chi connectivity index (χ0n) is 21.2. The van der Waals surface area contributed by atoms with Gasteiger partial charge in [-0.15, -0.1) is 0 Å². The Bertz CT molecular complexity index is 1400. The van der Waals surface area contributed by atoms with Crippen molar-refractivity contribution in [3.8, 4) is 17.0 Å². The number of anilines is 1. The van der Waals surface area contributed by atoms with Gasteiger partial charge in [-0.2, -0.15) is 0 Å². The van der Waals surface area contributed by atoms with E-state index in [9.17, 15) is 9.90 Å². The van der Waals surface area contributed by atoms with Crippen molar-refractivity contribution in [3.05, 3.63) is 72.1 Å². The molecule has 3 heterocycles. The molecule has 2 aliphatic rings. The predicted molar refractivity (Wildman–Crippen MR) is 143 cm³/mol. The Morgan fingerprint density at radius 3 is 2.70 bits per heavy atom. The van der Waals surface area contributed by atoms with Gasteiger partial charge in [-0.25, -0.2) is 14.4 Å². The summed E-state index contributed by atoms with van der Waals surface area (Å²) < 4.78 is 20.6. The van der Waals surface area contributed by atoms with Crippen LogP contribution in [0.25, 0.3) is 22.2 Å². The van der Waals surface area contributed by atoms with E-state index in [1.165, 1.54) is 24.7 Å². The second-order valence-corrected chi connectivity index (χ2v) is 8.36. The molecule has 1 fully saturated rings. The fraction of sp³-hybridized carbons (Fsp3) is 0.286. The van der Waals surface area contributed by atoms with Gasteiger partial charge in [0, 0.05) is 53.3 Å². The second kappa shape index (κ2) is 11.3. The van der Waals surface area contributed by atoms with Crippen LogP contribution in [0.3, 0.4) is 0 Å². The summed E-state index contributed by atoms with van der Waals surface area (Å²) in [4.78, 5) is 28.0. The number of nitrogens with zero attached hydrogens (tertiary/aromatic N) is 4. The van der Waals surface area contributed by atoms with Crippen LogP contribution >= 0.6 is 0 Å². The Labute approximate surface area is 215 Å². The molecule has 9 heteroatoms. The van der Waals surface area contributed by atoms with Gasteiger partial charge in [-0.05, 0) is 31.2 Å². The molecule has 37 heavy (non-hydrogen) atoms. The Morgan fingerprint density at radius 1 is 1.22 bits per heavy atom. The van der Waals surface area contributed by atoms with Crippen molar-refractivity contribution in [1.82, 2.24) is 15.3 Å². The van der Waals surface area contributed by atoms with Crippen LogP contribution in [-0.4, -0.2) is 53.5 Å². The topological polar surface area (TPSA) is 99.9 Å². The Balaban J connectivity index is 0.00000156. The molecule has 0 radical (unpaired) electrons. The molecule has 1 atom stereocenters. The lowest BCUT2D eigenvalue weighted by Gasteiger charge is -2.29. The standard InChI is InChI=1S/C26H24FN5O3.C2H6/c1-3-6-28-24-15(2)31-26(34)23(24)19-12-18(20(27)13-22(19)33)25-17-5-4-16(11-21(17)29-14-30-25)32-7-9-35-10-8-32;1-2/h3-6,11-14,23,33H,1,7-10H2,2H3,(H,31,34);1-2H3. The highest BCUT2D eigenvalue weighted by molar-refractivity contribution is 5.96. The number of carbonyl (C=O) groups is 1. The molecule has 2 aromatic carbocycles. The molecule has 1 amide bonds. The number of morpholine rings is 1. The molecular formula is C28H30FN5O3. The van der Waals surface area contributed by atoms with Crippen LogP contribution in [0.4, 0.5) is 10.1 Å². The minimum absolute atomic E-state index is 0.161. The molecule has 1 aromatic heterocycles. The second-order valence-electron chi connectivity index (χ2n) is 8.36. The predicted octanol–water partition coefficient (Wildman–Crippen LogP) is 4.71. The van der Waals surface area contributed by atoms with Crippen LogP contribution in [-0.2, 0) is 9.53 Å². The number of aromatic nitrogens is 2. The monoisotopic (exact) mass is 503 g/mol. The molecule has 1 unspecified atom stereocenters. The number of ether oxygens (including phenoxy) is 1. The van der Waals surface area contributed by atoms with E-state index in [4.69, 9.17) is 4.74 Å². The molecule has 0 saturated carbocycles.